The highest BCUT2D eigenvalue weighted by molar-refractivity contribution is 7.99. The van der Waals surface area contributed by atoms with E-state index in [1.165, 1.54) is 17.0 Å². The smallest absolute Gasteiger partial charge is 0.256 e. The van der Waals surface area contributed by atoms with Crippen LogP contribution in [0.3, 0.4) is 0 Å². The van der Waals surface area contributed by atoms with E-state index in [2.05, 4.69) is 43.4 Å². The molecular formula is C20H20N2O3S3. The van der Waals surface area contributed by atoms with Crippen molar-refractivity contribution in [3.8, 4) is 0 Å². The molecule has 5 nitrogen and oxygen atoms in total. The van der Waals surface area contributed by atoms with Gasteiger partial charge in [0.05, 0.1) is 5.56 Å². The fraction of sp³-hybridized carbons (Fsp3) is 0.150. The molecule has 1 heterocycles. The van der Waals surface area contributed by atoms with Gasteiger partial charge in [-0.05, 0) is 53.9 Å². The first-order valence-corrected chi connectivity index (χ1v) is 11.8. The molecule has 8 heteroatoms. The molecule has 1 aromatic heterocycles. The molecule has 1 amide bonds. The van der Waals surface area contributed by atoms with Crippen LogP contribution in [0.25, 0.3) is 0 Å². The zero-order valence-electron chi connectivity index (χ0n) is 15.4. The van der Waals surface area contributed by atoms with Crippen LogP contribution in [-0.4, -0.2) is 14.3 Å². The normalized spacial score (nSPS) is 11.6. The SMILES string of the molecule is CC(C)c1ccc(Sc2ccc(NC(=O)c3csc(S(N)(=O)=O)c3)cc2)cc1. The number of carbonyl (C=O) groups is 1. The van der Waals surface area contributed by atoms with Crippen LogP contribution in [-0.2, 0) is 10.0 Å². The lowest BCUT2D eigenvalue weighted by Crippen LogP contribution is -2.12. The quantitative estimate of drug-likeness (QED) is 0.578. The molecule has 3 N–H and O–H groups in total. The Morgan fingerprint density at radius 1 is 1.04 bits per heavy atom. The summed E-state index contributed by atoms with van der Waals surface area (Å²) in [7, 11) is -3.80. The molecule has 0 saturated heterocycles. The summed E-state index contributed by atoms with van der Waals surface area (Å²) < 4.78 is 22.6. The third-order valence-corrected chi connectivity index (χ3v) is 7.41. The number of nitrogens with two attached hydrogens (primary N) is 1. The highest BCUT2D eigenvalue weighted by Crippen LogP contribution is 2.30. The Morgan fingerprint density at radius 2 is 1.61 bits per heavy atom. The zero-order valence-corrected chi connectivity index (χ0v) is 17.8. The molecular weight excluding hydrogens is 412 g/mol. The topological polar surface area (TPSA) is 89.3 Å². The van der Waals surface area contributed by atoms with Gasteiger partial charge in [0.2, 0.25) is 10.0 Å². The van der Waals surface area contributed by atoms with Crippen LogP contribution in [0, 0.1) is 0 Å². The second kappa shape index (κ2) is 8.48. The average molecular weight is 433 g/mol. The van der Waals surface area contributed by atoms with Crippen LogP contribution >= 0.6 is 23.1 Å². The third-order valence-electron chi connectivity index (χ3n) is 4.01. The number of anilines is 1. The van der Waals surface area contributed by atoms with Gasteiger partial charge < -0.3 is 5.32 Å². The van der Waals surface area contributed by atoms with E-state index < -0.39 is 10.0 Å². The Labute approximate surface area is 173 Å². The highest BCUT2D eigenvalue weighted by atomic mass is 32.2. The van der Waals surface area contributed by atoms with Crippen molar-refractivity contribution in [1.82, 2.24) is 0 Å². The first kappa shape index (κ1) is 20.6. The molecule has 0 aliphatic heterocycles. The average Bonchev–Trinajstić information content (AvgIpc) is 3.14. The number of thiophene rings is 1. The number of benzene rings is 2. The fourth-order valence-corrected chi connectivity index (χ4v) is 4.85. The Kier molecular flexibility index (Phi) is 6.24. The molecule has 0 aliphatic rings. The minimum absolute atomic E-state index is 0.0344. The summed E-state index contributed by atoms with van der Waals surface area (Å²) >= 11 is 2.57. The third kappa shape index (κ3) is 5.23. The Hall–Kier alpha value is -2.13. The van der Waals surface area contributed by atoms with Crippen molar-refractivity contribution >= 4 is 44.7 Å². The standard InChI is InChI=1S/C20H20N2O3S3/c1-13(2)14-3-7-17(8-4-14)27-18-9-5-16(6-10-18)22-20(23)15-11-19(26-12-15)28(21,24)25/h3-13H,1-2H3,(H,22,23)(H2,21,24,25). The summed E-state index contributed by atoms with van der Waals surface area (Å²) in [6, 6.07) is 17.3. The summed E-state index contributed by atoms with van der Waals surface area (Å²) in [4.78, 5) is 14.5. The summed E-state index contributed by atoms with van der Waals surface area (Å²) in [5.74, 6) is 0.127. The molecule has 146 valence electrons. The molecule has 0 saturated carbocycles. The van der Waals surface area contributed by atoms with Gasteiger partial charge in [0, 0.05) is 20.9 Å². The maximum absolute atomic E-state index is 12.3. The van der Waals surface area contributed by atoms with Crippen LogP contribution in [0.5, 0.6) is 0 Å². The molecule has 2 aromatic carbocycles. The second-order valence-electron chi connectivity index (χ2n) is 6.50. The number of primary sulfonamides is 1. The Balaban J connectivity index is 1.64. The van der Waals surface area contributed by atoms with Crippen molar-refractivity contribution in [2.75, 3.05) is 5.32 Å². The second-order valence-corrected chi connectivity index (χ2v) is 10.4. The van der Waals surface area contributed by atoms with Crippen LogP contribution in [0.15, 0.2) is 74.0 Å². The first-order valence-electron chi connectivity index (χ1n) is 8.53. The molecule has 0 spiro atoms. The van der Waals surface area contributed by atoms with Crippen molar-refractivity contribution in [2.24, 2.45) is 5.14 Å². The molecule has 3 aromatic rings. The van der Waals surface area contributed by atoms with E-state index in [9.17, 15) is 13.2 Å². The Morgan fingerprint density at radius 3 is 2.11 bits per heavy atom. The van der Waals surface area contributed by atoms with Crippen LogP contribution < -0.4 is 10.5 Å². The number of sulfonamides is 1. The van der Waals surface area contributed by atoms with Crippen molar-refractivity contribution in [3.63, 3.8) is 0 Å². The lowest BCUT2D eigenvalue weighted by Gasteiger charge is -2.08. The molecule has 0 radical (unpaired) electrons. The predicted molar refractivity (Wildman–Crippen MR) is 115 cm³/mol. The maximum atomic E-state index is 12.3. The monoisotopic (exact) mass is 432 g/mol. The highest BCUT2D eigenvalue weighted by Gasteiger charge is 2.15. The van der Waals surface area contributed by atoms with Crippen LogP contribution in [0.4, 0.5) is 5.69 Å². The number of carbonyl (C=O) groups excluding carboxylic acids is 1. The first-order chi connectivity index (χ1) is 13.2. The van der Waals surface area contributed by atoms with Gasteiger partial charge in [0.15, 0.2) is 0 Å². The van der Waals surface area contributed by atoms with E-state index in [1.54, 1.807) is 11.8 Å². The van der Waals surface area contributed by atoms with E-state index in [0.717, 1.165) is 21.1 Å². The zero-order chi connectivity index (χ0) is 20.3. The van der Waals surface area contributed by atoms with Gasteiger partial charge in [-0.15, -0.1) is 11.3 Å². The van der Waals surface area contributed by atoms with E-state index >= 15 is 0 Å². The lowest BCUT2D eigenvalue weighted by molar-refractivity contribution is 0.102. The van der Waals surface area contributed by atoms with Gasteiger partial charge in [0.25, 0.3) is 5.91 Å². The molecule has 28 heavy (non-hydrogen) atoms. The van der Waals surface area contributed by atoms with Crippen molar-refractivity contribution in [3.05, 3.63) is 71.1 Å². The summed E-state index contributed by atoms with van der Waals surface area (Å²) in [6.45, 7) is 4.34. The van der Waals surface area contributed by atoms with E-state index in [4.69, 9.17) is 5.14 Å². The number of rotatable bonds is 6. The van der Waals surface area contributed by atoms with Crippen LogP contribution in [0.2, 0.25) is 0 Å². The van der Waals surface area contributed by atoms with Crippen molar-refractivity contribution in [1.29, 1.82) is 0 Å². The molecule has 0 bridgehead atoms. The van der Waals surface area contributed by atoms with Gasteiger partial charge in [-0.1, -0.05) is 37.7 Å². The van der Waals surface area contributed by atoms with E-state index in [1.807, 2.05) is 24.3 Å². The molecule has 0 unspecified atom stereocenters. The van der Waals surface area contributed by atoms with Gasteiger partial charge in [-0.3, -0.25) is 4.79 Å². The van der Waals surface area contributed by atoms with Gasteiger partial charge >= 0.3 is 0 Å². The van der Waals surface area contributed by atoms with Crippen molar-refractivity contribution < 1.29 is 13.2 Å². The number of amides is 1. The Bertz CT molecular complexity index is 1070. The van der Waals surface area contributed by atoms with Crippen LogP contribution in [0.1, 0.15) is 35.7 Å². The number of nitrogens with one attached hydrogen (secondary N) is 1. The van der Waals surface area contributed by atoms with Gasteiger partial charge in [0.1, 0.15) is 4.21 Å². The minimum atomic E-state index is -3.80. The van der Waals surface area contributed by atoms with E-state index in [-0.39, 0.29) is 15.7 Å². The molecule has 0 aliphatic carbocycles. The summed E-state index contributed by atoms with van der Waals surface area (Å²) in [5.41, 5.74) is 2.20. The summed E-state index contributed by atoms with van der Waals surface area (Å²) in [5, 5.41) is 9.30. The van der Waals surface area contributed by atoms with Gasteiger partial charge in [-0.2, -0.15) is 0 Å². The van der Waals surface area contributed by atoms with Gasteiger partial charge in [-0.25, -0.2) is 13.6 Å². The minimum Gasteiger partial charge on any atom is -0.322 e. The van der Waals surface area contributed by atoms with E-state index in [0.29, 0.717) is 11.6 Å². The fourth-order valence-electron chi connectivity index (χ4n) is 2.45. The summed E-state index contributed by atoms with van der Waals surface area (Å²) in [6.07, 6.45) is 0. The number of hydrogen-bond acceptors (Lipinski definition) is 5. The maximum Gasteiger partial charge on any atom is 0.256 e. The van der Waals surface area contributed by atoms with Crippen molar-refractivity contribution in [2.45, 2.75) is 33.8 Å². The largest absolute Gasteiger partial charge is 0.322 e. The molecule has 0 fully saturated rings. The lowest BCUT2D eigenvalue weighted by atomic mass is 10.0. The number of hydrogen-bond donors (Lipinski definition) is 2. The molecule has 0 atom stereocenters. The molecule has 3 rings (SSSR count). The predicted octanol–water partition coefficient (Wildman–Crippen LogP) is 4.92.